The Morgan fingerprint density at radius 2 is 2.14 bits per heavy atom. The van der Waals surface area contributed by atoms with Gasteiger partial charge >= 0.3 is 0 Å². The number of hydrogen-bond acceptors (Lipinski definition) is 2. The van der Waals surface area contributed by atoms with Crippen molar-refractivity contribution in [3.63, 3.8) is 0 Å². The van der Waals surface area contributed by atoms with Gasteiger partial charge in [0, 0.05) is 13.1 Å². The Labute approximate surface area is 125 Å². The summed E-state index contributed by atoms with van der Waals surface area (Å²) in [5, 5.41) is 10.5. The summed E-state index contributed by atoms with van der Waals surface area (Å²) in [6.45, 7) is 5.85. The van der Waals surface area contributed by atoms with Crippen LogP contribution in [0.1, 0.15) is 32.3 Å². The zero-order valence-corrected chi connectivity index (χ0v) is 12.7. The SMILES string of the molecule is CC1CCCN(C(N)=NCC(C)(O)c2ccc(F)cc2)C1. The van der Waals surface area contributed by atoms with E-state index in [0.29, 0.717) is 17.4 Å². The number of aliphatic hydroxyl groups is 1. The van der Waals surface area contributed by atoms with Gasteiger partial charge in [0.25, 0.3) is 0 Å². The number of nitrogens with zero attached hydrogens (tertiary/aromatic N) is 2. The molecule has 0 radical (unpaired) electrons. The highest BCUT2D eigenvalue weighted by molar-refractivity contribution is 5.78. The first kappa shape index (κ1) is 15.8. The van der Waals surface area contributed by atoms with Crippen LogP contribution in [0.25, 0.3) is 0 Å². The minimum absolute atomic E-state index is 0.162. The molecule has 1 aliphatic rings. The number of halogens is 1. The minimum Gasteiger partial charge on any atom is -0.384 e. The summed E-state index contributed by atoms with van der Waals surface area (Å²) in [6, 6.07) is 5.82. The van der Waals surface area contributed by atoms with Crippen LogP contribution in [0.15, 0.2) is 29.3 Å². The van der Waals surface area contributed by atoms with Crippen molar-refractivity contribution in [1.82, 2.24) is 4.90 Å². The topological polar surface area (TPSA) is 61.8 Å². The van der Waals surface area contributed by atoms with Gasteiger partial charge in [-0.05, 0) is 43.4 Å². The van der Waals surface area contributed by atoms with Gasteiger partial charge in [-0.15, -0.1) is 0 Å². The first-order valence-electron chi connectivity index (χ1n) is 7.42. The molecule has 1 fully saturated rings. The van der Waals surface area contributed by atoms with E-state index in [4.69, 9.17) is 5.73 Å². The second-order valence-corrected chi connectivity index (χ2v) is 6.15. The van der Waals surface area contributed by atoms with Crippen molar-refractivity contribution in [1.29, 1.82) is 0 Å². The molecule has 2 unspecified atom stereocenters. The van der Waals surface area contributed by atoms with E-state index in [1.54, 1.807) is 19.1 Å². The molecular formula is C16H24FN3O. The summed E-state index contributed by atoms with van der Waals surface area (Å²) < 4.78 is 12.9. The fraction of sp³-hybridized carbons (Fsp3) is 0.562. The normalized spacial score (nSPS) is 23.0. The van der Waals surface area contributed by atoms with Crippen molar-refractivity contribution in [2.45, 2.75) is 32.3 Å². The van der Waals surface area contributed by atoms with Gasteiger partial charge in [0.15, 0.2) is 5.96 Å². The van der Waals surface area contributed by atoms with E-state index in [9.17, 15) is 9.50 Å². The maximum absolute atomic E-state index is 12.9. The van der Waals surface area contributed by atoms with Crippen LogP contribution in [0.5, 0.6) is 0 Å². The molecule has 1 heterocycles. The van der Waals surface area contributed by atoms with Crippen LogP contribution in [-0.4, -0.2) is 35.6 Å². The molecule has 0 spiro atoms. The van der Waals surface area contributed by atoms with Gasteiger partial charge in [-0.1, -0.05) is 19.1 Å². The van der Waals surface area contributed by atoms with Crippen LogP contribution in [0.2, 0.25) is 0 Å². The van der Waals surface area contributed by atoms with Crippen molar-refractivity contribution >= 4 is 5.96 Å². The van der Waals surface area contributed by atoms with Gasteiger partial charge in [-0.25, -0.2) is 9.38 Å². The lowest BCUT2D eigenvalue weighted by molar-refractivity contribution is 0.0669. The number of benzene rings is 1. The average Bonchev–Trinajstić information content (AvgIpc) is 2.45. The number of piperidine rings is 1. The van der Waals surface area contributed by atoms with Gasteiger partial charge in [0.1, 0.15) is 11.4 Å². The predicted octanol–water partition coefficient (Wildman–Crippen LogP) is 2.08. The van der Waals surface area contributed by atoms with Crippen molar-refractivity contribution in [2.24, 2.45) is 16.6 Å². The summed E-state index contributed by atoms with van der Waals surface area (Å²) in [4.78, 5) is 6.39. The average molecular weight is 293 g/mol. The third-order valence-electron chi connectivity index (χ3n) is 4.00. The van der Waals surface area contributed by atoms with E-state index in [1.807, 2.05) is 0 Å². The maximum atomic E-state index is 12.9. The van der Waals surface area contributed by atoms with Gasteiger partial charge in [-0.2, -0.15) is 0 Å². The quantitative estimate of drug-likeness (QED) is 0.662. The number of rotatable bonds is 3. The molecule has 0 amide bonds. The Balaban J connectivity index is 2.02. The molecular weight excluding hydrogens is 269 g/mol. The van der Waals surface area contributed by atoms with E-state index in [2.05, 4.69) is 16.8 Å². The summed E-state index contributed by atoms with van der Waals surface area (Å²) >= 11 is 0. The Hall–Kier alpha value is -1.62. The van der Waals surface area contributed by atoms with Crippen LogP contribution in [0.3, 0.4) is 0 Å². The van der Waals surface area contributed by atoms with Crippen molar-refractivity contribution in [3.8, 4) is 0 Å². The van der Waals surface area contributed by atoms with E-state index < -0.39 is 5.60 Å². The highest BCUT2D eigenvalue weighted by Gasteiger charge is 2.24. The Bertz CT molecular complexity index is 499. The van der Waals surface area contributed by atoms with Crippen molar-refractivity contribution in [3.05, 3.63) is 35.6 Å². The minimum atomic E-state index is -1.15. The number of hydrogen-bond donors (Lipinski definition) is 2. The second-order valence-electron chi connectivity index (χ2n) is 6.15. The molecule has 21 heavy (non-hydrogen) atoms. The fourth-order valence-corrected chi connectivity index (χ4v) is 2.63. The van der Waals surface area contributed by atoms with Gasteiger partial charge in [0.05, 0.1) is 6.54 Å². The molecule has 1 saturated heterocycles. The largest absolute Gasteiger partial charge is 0.384 e. The lowest BCUT2D eigenvalue weighted by Gasteiger charge is -2.32. The lowest BCUT2D eigenvalue weighted by atomic mass is 9.96. The predicted molar refractivity (Wildman–Crippen MR) is 82.4 cm³/mol. The Kier molecular flexibility index (Phi) is 4.83. The summed E-state index contributed by atoms with van der Waals surface area (Å²) in [5.74, 6) is 0.772. The summed E-state index contributed by atoms with van der Waals surface area (Å²) in [7, 11) is 0. The molecule has 116 valence electrons. The standard InChI is InChI=1S/C16H24FN3O/c1-12-4-3-9-20(10-12)15(18)19-11-16(2,21)13-5-7-14(17)8-6-13/h5-8,12,21H,3-4,9-11H2,1-2H3,(H2,18,19). The van der Waals surface area contributed by atoms with Crippen LogP contribution in [-0.2, 0) is 5.60 Å². The molecule has 1 aromatic carbocycles. The summed E-state index contributed by atoms with van der Waals surface area (Å²) in [5.41, 5.74) is 5.50. The summed E-state index contributed by atoms with van der Waals surface area (Å²) in [6.07, 6.45) is 2.34. The second kappa shape index (κ2) is 6.43. The first-order valence-corrected chi connectivity index (χ1v) is 7.42. The van der Waals surface area contributed by atoms with Gasteiger partial charge in [-0.3, -0.25) is 0 Å². The van der Waals surface area contributed by atoms with Crippen molar-refractivity contribution < 1.29 is 9.50 Å². The number of guanidine groups is 1. The number of aliphatic imine (C=N–C) groups is 1. The molecule has 0 aliphatic carbocycles. The molecule has 4 nitrogen and oxygen atoms in total. The van der Waals surface area contributed by atoms with Crippen molar-refractivity contribution in [2.75, 3.05) is 19.6 Å². The van der Waals surface area contributed by atoms with E-state index >= 15 is 0 Å². The van der Waals surface area contributed by atoms with Crippen LogP contribution in [0, 0.1) is 11.7 Å². The Morgan fingerprint density at radius 1 is 1.48 bits per heavy atom. The van der Waals surface area contributed by atoms with Gasteiger partial charge in [0.2, 0.25) is 0 Å². The smallest absolute Gasteiger partial charge is 0.191 e. The monoisotopic (exact) mass is 293 g/mol. The van der Waals surface area contributed by atoms with E-state index in [-0.39, 0.29) is 12.4 Å². The molecule has 0 bridgehead atoms. The molecule has 1 aliphatic heterocycles. The third kappa shape index (κ3) is 4.17. The lowest BCUT2D eigenvalue weighted by Crippen LogP contribution is -2.44. The van der Waals surface area contributed by atoms with Gasteiger partial charge < -0.3 is 15.7 Å². The highest BCUT2D eigenvalue weighted by Crippen LogP contribution is 2.21. The first-order chi connectivity index (χ1) is 9.88. The molecule has 2 atom stereocenters. The number of likely N-dealkylation sites (tertiary alicyclic amines) is 1. The highest BCUT2D eigenvalue weighted by atomic mass is 19.1. The van der Waals surface area contributed by atoms with Crippen LogP contribution < -0.4 is 5.73 Å². The maximum Gasteiger partial charge on any atom is 0.191 e. The van der Waals surface area contributed by atoms with Crippen LogP contribution in [0.4, 0.5) is 4.39 Å². The van der Waals surface area contributed by atoms with E-state index in [1.165, 1.54) is 18.6 Å². The molecule has 3 N–H and O–H groups in total. The molecule has 0 aromatic heterocycles. The third-order valence-corrected chi connectivity index (χ3v) is 4.00. The fourth-order valence-electron chi connectivity index (χ4n) is 2.63. The zero-order chi connectivity index (χ0) is 15.5. The molecule has 2 rings (SSSR count). The van der Waals surface area contributed by atoms with E-state index in [0.717, 1.165) is 19.5 Å². The van der Waals surface area contributed by atoms with Crippen LogP contribution >= 0.6 is 0 Å². The Morgan fingerprint density at radius 3 is 2.76 bits per heavy atom. The number of nitrogens with two attached hydrogens (primary N) is 1. The zero-order valence-electron chi connectivity index (χ0n) is 12.7. The molecule has 1 aromatic rings. The molecule has 0 saturated carbocycles. The molecule has 5 heteroatoms.